The fourth-order valence-electron chi connectivity index (χ4n) is 5.32. The van der Waals surface area contributed by atoms with Crippen LogP contribution < -0.4 is 5.32 Å². The van der Waals surface area contributed by atoms with E-state index in [2.05, 4.69) is 78.7 Å². The Morgan fingerprint density at radius 2 is 1.80 bits per heavy atom. The van der Waals surface area contributed by atoms with Crippen molar-refractivity contribution in [3.63, 3.8) is 0 Å². The Bertz CT molecular complexity index is 837. The Labute approximate surface area is 180 Å². The van der Waals surface area contributed by atoms with Gasteiger partial charge in [0.15, 0.2) is 0 Å². The molecule has 30 heavy (non-hydrogen) atoms. The predicted octanol–water partition coefficient (Wildman–Crippen LogP) is 3.95. The second-order valence-electron chi connectivity index (χ2n) is 9.49. The van der Waals surface area contributed by atoms with Gasteiger partial charge in [-0.2, -0.15) is 0 Å². The van der Waals surface area contributed by atoms with Gasteiger partial charge in [0.25, 0.3) is 0 Å². The quantitative estimate of drug-likeness (QED) is 0.818. The molecule has 0 aromatic heterocycles. The highest BCUT2D eigenvalue weighted by Gasteiger charge is 2.44. The third-order valence-electron chi connectivity index (χ3n) is 6.70. The van der Waals surface area contributed by atoms with Gasteiger partial charge < -0.3 is 15.0 Å². The standard InChI is InChI=1S/C26H34N2O2/c1-25(2)20-26(13-16-30-25,22-11-7-4-8-12-22)18-24(29)28-15-14-27-19-23(28)17-21-9-5-3-6-10-21/h3-12,23,27H,13-20H2,1-2H3. The average molecular weight is 407 g/mol. The van der Waals surface area contributed by atoms with Crippen LogP contribution in [0.3, 0.4) is 0 Å². The summed E-state index contributed by atoms with van der Waals surface area (Å²) in [5, 5.41) is 3.48. The zero-order valence-corrected chi connectivity index (χ0v) is 18.3. The number of nitrogens with one attached hydrogen (secondary N) is 1. The smallest absolute Gasteiger partial charge is 0.223 e. The largest absolute Gasteiger partial charge is 0.376 e. The van der Waals surface area contributed by atoms with Crippen LogP contribution in [0.15, 0.2) is 60.7 Å². The number of hydrogen-bond donors (Lipinski definition) is 1. The summed E-state index contributed by atoms with van der Waals surface area (Å²) in [4.78, 5) is 15.8. The maximum Gasteiger partial charge on any atom is 0.223 e. The zero-order chi connectivity index (χ0) is 21.0. The lowest BCUT2D eigenvalue weighted by atomic mass is 9.67. The van der Waals surface area contributed by atoms with E-state index in [0.717, 1.165) is 38.9 Å². The normalized spacial score (nSPS) is 26.3. The van der Waals surface area contributed by atoms with E-state index in [4.69, 9.17) is 4.74 Å². The van der Waals surface area contributed by atoms with Crippen molar-refractivity contribution in [3.8, 4) is 0 Å². The first-order valence-electron chi connectivity index (χ1n) is 11.2. The van der Waals surface area contributed by atoms with E-state index >= 15 is 0 Å². The zero-order valence-electron chi connectivity index (χ0n) is 18.3. The maximum atomic E-state index is 13.7. The number of carbonyl (C=O) groups is 1. The summed E-state index contributed by atoms with van der Waals surface area (Å²) in [5.74, 6) is 0.277. The van der Waals surface area contributed by atoms with Gasteiger partial charge in [0, 0.05) is 44.1 Å². The van der Waals surface area contributed by atoms with Crippen LogP contribution in [0.1, 0.15) is 44.2 Å². The lowest BCUT2D eigenvalue weighted by Crippen LogP contribution is -2.56. The van der Waals surface area contributed by atoms with Crippen molar-refractivity contribution >= 4 is 5.91 Å². The molecular formula is C26H34N2O2. The van der Waals surface area contributed by atoms with Gasteiger partial charge in [-0.1, -0.05) is 60.7 Å². The lowest BCUT2D eigenvalue weighted by molar-refractivity contribution is -0.139. The van der Waals surface area contributed by atoms with Crippen molar-refractivity contribution in [2.24, 2.45) is 0 Å². The van der Waals surface area contributed by atoms with E-state index in [9.17, 15) is 4.79 Å². The SMILES string of the molecule is CC1(C)CC(CC(=O)N2CCNCC2Cc2ccccc2)(c2ccccc2)CCO1. The number of carbonyl (C=O) groups excluding carboxylic acids is 1. The number of amides is 1. The van der Waals surface area contributed by atoms with E-state index in [1.54, 1.807) is 0 Å². The van der Waals surface area contributed by atoms with Crippen molar-refractivity contribution < 1.29 is 9.53 Å². The number of rotatable bonds is 5. The number of benzene rings is 2. The molecule has 1 N–H and O–H groups in total. The first-order valence-corrected chi connectivity index (χ1v) is 11.2. The molecule has 2 aromatic rings. The van der Waals surface area contributed by atoms with E-state index in [0.29, 0.717) is 13.0 Å². The fourth-order valence-corrected chi connectivity index (χ4v) is 5.32. The summed E-state index contributed by atoms with van der Waals surface area (Å²) < 4.78 is 6.03. The molecule has 2 aliphatic rings. The molecule has 0 saturated carbocycles. The molecule has 2 heterocycles. The van der Waals surface area contributed by atoms with Crippen LogP contribution >= 0.6 is 0 Å². The summed E-state index contributed by atoms with van der Waals surface area (Å²) >= 11 is 0. The van der Waals surface area contributed by atoms with Gasteiger partial charge in [-0.25, -0.2) is 0 Å². The van der Waals surface area contributed by atoms with Crippen molar-refractivity contribution in [2.45, 2.75) is 56.6 Å². The molecule has 1 amide bonds. The summed E-state index contributed by atoms with van der Waals surface area (Å²) in [7, 11) is 0. The molecule has 2 aliphatic heterocycles. The van der Waals surface area contributed by atoms with Gasteiger partial charge in [-0.3, -0.25) is 4.79 Å². The van der Waals surface area contributed by atoms with Crippen LogP contribution in [0.5, 0.6) is 0 Å². The molecule has 0 aliphatic carbocycles. The van der Waals surface area contributed by atoms with E-state index in [1.165, 1.54) is 11.1 Å². The van der Waals surface area contributed by atoms with Crippen LogP contribution in [0.2, 0.25) is 0 Å². The number of ether oxygens (including phenoxy) is 1. The Morgan fingerprint density at radius 3 is 2.50 bits per heavy atom. The Hall–Kier alpha value is -2.17. The first kappa shape index (κ1) is 21.1. The summed E-state index contributed by atoms with van der Waals surface area (Å²) in [5.41, 5.74) is 2.17. The monoisotopic (exact) mass is 406 g/mol. The van der Waals surface area contributed by atoms with E-state index in [1.807, 2.05) is 6.07 Å². The molecular weight excluding hydrogens is 372 g/mol. The third kappa shape index (κ3) is 4.76. The van der Waals surface area contributed by atoms with Gasteiger partial charge in [0.2, 0.25) is 5.91 Å². The molecule has 2 saturated heterocycles. The number of hydrogen-bond acceptors (Lipinski definition) is 3. The van der Waals surface area contributed by atoms with Crippen LogP contribution in [-0.2, 0) is 21.4 Å². The first-order chi connectivity index (χ1) is 14.5. The van der Waals surface area contributed by atoms with Crippen molar-refractivity contribution in [1.29, 1.82) is 0 Å². The molecule has 0 spiro atoms. The fraction of sp³-hybridized carbons (Fsp3) is 0.500. The second-order valence-corrected chi connectivity index (χ2v) is 9.49. The Morgan fingerprint density at radius 1 is 1.10 bits per heavy atom. The van der Waals surface area contributed by atoms with Crippen molar-refractivity contribution in [1.82, 2.24) is 10.2 Å². The summed E-state index contributed by atoms with van der Waals surface area (Å²) in [6, 6.07) is 21.3. The minimum absolute atomic E-state index is 0.164. The van der Waals surface area contributed by atoms with Gasteiger partial charge in [0.1, 0.15) is 0 Å². The molecule has 2 fully saturated rings. The van der Waals surface area contributed by atoms with Crippen LogP contribution in [0.25, 0.3) is 0 Å². The highest BCUT2D eigenvalue weighted by molar-refractivity contribution is 5.78. The minimum Gasteiger partial charge on any atom is -0.376 e. The second kappa shape index (κ2) is 8.91. The topological polar surface area (TPSA) is 41.6 Å². The van der Waals surface area contributed by atoms with Gasteiger partial charge in [0.05, 0.1) is 5.60 Å². The van der Waals surface area contributed by atoms with E-state index in [-0.39, 0.29) is 23.0 Å². The van der Waals surface area contributed by atoms with Crippen molar-refractivity contribution in [2.75, 3.05) is 26.2 Å². The van der Waals surface area contributed by atoms with Gasteiger partial charge >= 0.3 is 0 Å². The Balaban J connectivity index is 1.57. The number of piperazine rings is 1. The van der Waals surface area contributed by atoms with Gasteiger partial charge in [-0.05, 0) is 44.2 Å². The molecule has 4 nitrogen and oxygen atoms in total. The molecule has 0 radical (unpaired) electrons. The molecule has 4 rings (SSSR count). The molecule has 2 atom stereocenters. The predicted molar refractivity (Wildman–Crippen MR) is 121 cm³/mol. The van der Waals surface area contributed by atoms with Crippen LogP contribution in [0, 0.1) is 0 Å². The molecule has 0 bridgehead atoms. The maximum absolute atomic E-state index is 13.7. The van der Waals surface area contributed by atoms with Crippen LogP contribution in [-0.4, -0.2) is 48.7 Å². The average Bonchev–Trinajstić information content (AvgIpc) is 2.75. The summed E-state index contributed by atoms with van der Waals surface area (Å²) in [6.07, 6.45) is 3.20. The minimum atomic E-state index is -0.221. The molecule has 2 aromatic carbocycles. The highest BCUT2D eigenvalue weighted by atomic mass is 16.5. The molecule has 4 heteroatoms. The highest BCUT2D eigenvalue weighted by Crippen LogP contribution is 2.44. The van der Waals surface area contributed by atoms with Gasteiger partial charge in [-0.15, -0.1) is 0 Å². The summed E-state index contributed by atoms with van der Waals surface area (Å²) in [6.45, 7) is 7.50. The number of nitrogens with zero attached hydrogens (tertiary/aromatic N) is 1. The van der Waals surface area contributed by atoms with Crippen molar-refractivity contribution in [3.05, 3.63) is 71.8 Å². The van der Waals surface area contributed by atoms with E-state index < -0.39 is 0 Å². The molecule has 160 valence electrons. The Kier molecular flexibility index (Phi) is 6.26. The van der Waals surface area contributed by atoms with Crippen LogP contribution in [0.4, 0.5) is 0 Å². The third-order valence-corrected chi connectivity index (χ3v) is 6.70. The molecule has 2 unspecified atom stereocenters. The lowest BCUT2D eigenvalue weighted by Gasteiger charge is -2.46.